The van der Waals surface area contributed by atoms with Crippen molar-refractivity contribution in [2.75, 3.05) is 20.3 Å². The third-order valence-corrected chi connectivity index (χ3v) is 2.64. The minimum absolute atomic E-state index is 0.140. The van der Waals surface area contributed by atoms with Gasteiger partial charge in [-0.25, -0.2) is 0 Å². The molecule has 1 aromatic rings. The number of benzene rings is 1. The SMILES string of the molecule is COCCNC(=O)/C=C/c1ccc(C)c(Cl)c1. The summed E-state index contributed by atoms with van der Waals surface area (Å²) in [5.41, 5.74) is 1.93. The fourth-order valence-corrected chi connectivity index (χ4v) is 1.41. The number of hydrogen-bond donors (Lipinski definition) is 1. The third kappa shape index (κ3) is 5.02. The standard InChI is InChI=1S/C13H16ClNO2/c1-10-3-4-11(9-12(10)14)5-6-13(16)15-7-8-17-2/h3-6,9H,7-8H2,1-2H3,(H,15,16)/b6-5+. The fraction of sp³-hybridized carbons (Fsp3) is 0.308. The van der Waals surface area contributed by atoms with Gasteiger partial charge in [0.2, 0.25) is 5.91 Å². The number of halogens is 1. The molecule has 3 nitrogen and oxygen atoms in total. The molecule has 0 atom stereocenters. The van der Waals surface area contributed by atoms with Crippen LogP contribution in [0.25, 0.3) is 6.08 Å². The fourth-order valence-electron chi connectivity index (χ4n) is 1.22. The van der Waals surface area contributed by atoms with E-state index < -0.39 is 0 Å². The Labute approximate surface area is 106 Å². The smallest absolute Gasteiger partial charge is 0.244 e. The lowest BCUT2D eigenvalue weighted by Crippen LogP contribution is -2.24. The van der Waals surface area contributed by atoms with Gasteiger partial charge in [0.25, 0.3) is 0 Å². The van der Waals surface area contributed by atoms with Crippen LogP contribution < -0.4 is 5.32 Å². The van der Waals surface area contributed by atoms with Gasteiger partial charge in [0.15, 0.2) is 0 Å². The summed E-state index contributed by atoms with van der Waals surface area (Å²) in [5.74, 6) is -0.140. The molecule has 0 saturated carbocycles. The Bertz CT molecular complexity index is 416. The summed E-state index contributed by atoms with van der Waals surface area (Å²) in [6.07, 6.45) is 3.21. The van der Waals surface area contributed by atoms with Crippen molar-refractivity contribution in [1.29, 1.82) is 0 Å². The monoisotopic (exact) mass is 253 g/mol. The molecular weight excluding hydrogens is 238 g/mol. The zero-order chi connectivity index (χ0) is 12.7. The molecule has 0 fully saturated rings. The third-order valence-electron chi connectivity index (χ3n) is 2.23. The largest absolute Gasteiger partial charge is 0.383 e. The van der Waals surface area contributed by atoms with Gasteiger partial charge in [-0.2, -0.15) is 0 Å². The van der Waals surface area contributed by atoms with Crippen LogP contribution in [-0.4, -0.2) is 26.2 Å². The summed E-state index contributed by atoms with van der Waals surface area (Å²) >= 11 is 5.98. The van der Waals surface area contributed by atoms with Crippen molar-refractivity contribution >= 4 is 23.6 Å². The molecule has 17 heavy (non-hydrogen) atoms. The molecule has 1 aromatic carbocycles. The number of carbonyl (C=O) groups excluding carboxylic acids is 1. The molecule has 0 unspecified atom stereocenters. The zero-order valence-electron chi connectivity index (χ0n) is 10.00. The summed E-state index contributed by atoms with van der Waals surface area (Å²) in [7, 11) is 1.59. The number of aryl methyl sites for hydroxylation is 1. The highest BCUT2D eigenvalue weighted by molar-refractivity contribution is 6.31. The van der Waals surface area contributed by atoms with E-state index in [0.717, 1.165) is 11.1 Å². The number of ether oxygens (including phenoxy) is 1. The average Bonchev–Trinajstić information content (AvgIpc) is 2.31. The molecule has 0 aliphatic heterocycles. The van der Waals surface area contributed by atoms with Gasteiger partial charge in [-0.3, -0.25) is 4.79 Å². The van der Waals surface area contributed by atoms with E-state index in [2.05, 4.69) is 5.32 Å². The Morgan fingerprint density at radius 2 is 2.29 bits per heavy atom. The Morgan fingerprint density at radius 1 is 1.53 bits per heavy atom. The van der Waals surface area contributed by atoms with Gasteiger partial charge >= 0.3 is 0 Å². The molecule has 0 aromatic heterocycles. The second-order valence-electron chi connectivity index (χ2n) is 3.63. The van der Waals surface area contributed by atoms with Gasteiger partial charge in [-0.05, 0) is 30.2 Å². The average molecular weight is 254 g/mol. The van der Waals surface area contributed by atoms with E-state index in [0.29, 0.717) is 18.2 Å². The highest BCUT2D eigenvalue weighted by atomic mass is 35.5. The Balaban J connectivity index is 2.52. The molecule has 1 amide bonds. The van der Waals surface area contributed by atoms with Crippen molar-refractivity contribution in [2.45, 2.75) is 6.92 Å². The Kier molecular flexibility index (Phi) is 5.73. The molecule has 0 saturated heterocycles. The van der Waals surface area contributed by atoms with Gasteiger partial charge in [0.1, 0.15) is 0 Å². The molecule has 1 rings (SSSR count). The quantitative estimate of drug-likeness (QED) is 0.647. The first-order chi connectivity index (χ1) is 8.13. The van der Waals surface area contributed by atoms with Gasteiger partial charge in [-0.1, -0.05) is 23.7 Å². The predicted molar refractivity (Wildman–Crippen MR) is 70.1 cm³/mol. The number of amides is 1. The summed E-state index contributed by atoms with van der Waals surface area (Å²) < 4.78 is 4.83. The number of rotatable bonds is 5. The number of methoxy groups -OCH3 is 1. The van der Waals surface area contributed by atoms with Crippen LogP contribution in [0.5, 0.6) is 0 Å². The van der Waals surface area contributed by atoms with Crippen LogP contribution in [0.4, 0.5) is 0 Å². The second-order valence-corrected chi connectivity index (χ2v) is 4.03. The van der Waals surface area contributed by atoms with E-state index in [1.54, 1.807) is 13.2 Å². The second kappa shape index (κ2) is 7.09. The van der Waals surface area contributed by atoms with Crippen molar-refractivity contribution < 1.29 is 9.53 Å². The lowest BCUT2D eigenvalue weighted by molar-refractivity contribution is -0.116. The van der Waals surface area contributed by atoms with E-state index in [1.165, 1.54) is 6.08 Å². The molecule has 0 bridgehead atoms. The Hall–Kier alpha value is -1.32. The van der Waals surface area contributed by atoms with Crippen LogP contribution in [-0.2, 0) is 9.53 Å². The molecule has 4 heteroatoms. The summed E-state index contributed by atoms with van der Waals surface area (Å²) in [5, 5.41) is 3.40. The Morgan fingerprint density at radius 3 is 2.94 bits per heavy atom. The highest BCUT2D eigenvalue weighted by Gasteiger charge is 1.97. The normalized spacial score (nSPS) is 10.8. The van der Waals surface area contributed by atoms with Gasteiger partial charge in [0.05, 0.1) is 6.61 Å². The maximum atomic E-state index is 11.4. The molecule has 0 aliphatic carbocycles. The zero-order valence-corrected chi connectivity index (χ0v) is 10.8. The maximum Gasteiger partial charge on any atom is 0.244 e. The van der Waals surface area contributed by atoms with E-state index >= 15 is 0 Å². The molecule has 92 valence electrons. The van der Waals surface area contributed by atoms with Crippen molar-refractivity contribution in [2.24, 2.45) is 0 Å². The first-order valence-corrected chi connectivity index (χ1v) is 5.72. The molecule has 1 N–H and O–H groups in total. The van der Waals surface area contributed by atoms with Crippen LogP contribution in [0.3, 0.4) is 0 Å². The van der Waals surface area contributed by atoms with Crippen molar-refractivity contribution in [3.8, 4) is 0 Å². The van der Waals surface area contributed by atoms with Crippen LogP contribution >= 0.6 is 11.6 Å². The molecule has 0 heterocycles. The minimum Gasteiger partial charge on any atom is -0.383 e. The van der Waals surface area contributed by atoms with E-state index in [1.807, 2.05) is 25.1 Å². The van der Waals surface area contributed by atoms with Crippen molar-refractivity contribution in [3.63, 3.8) is 0 Å². The van der Waals surface area contributed by atoms with E-state index in [4.69, 9.17) is 16.3 Å². The van der Waals surface area contributed by atoms with Gasteiger partial charge in [0, 0.05) is 24.8 Å². The van der Waals surface area contributed by atoms with Gasteiger partial charge in [-0.15, -0.1) is 0 Å². The highest BCUT2D eigenvalue weighted by Crippen LogP contribution is 2.17. The minimum atomic E-state index is -0.140. The number of carbonyl (C=O) groups is 1. The van der Waals surface area contributed by atoms with Crippen LogP contribution in [0.15, 0.2) is 24.3 Å². The summed E-state index contributed by atoms with van der Waals surface area (Å²) in [6, 6.07) is 5.67. The van der Waals surface area contributed by atoms with E-state index in [9.17, 15) is 4.79 Å². The molecular formula is C13H16ClNO2. The summed E-state index contributed by atoms with van der Waals surface area (Å²) in [6.45, 7) is 2.96. The van der Waals surface area contributed by atoms with Crippen molar-refractivity contribution in [3.05, 3.63) is 40.4 Å². The lowest BCUT2D eigenvalue weighted by atomic mass is 10.1. The first-order valence-electron chi connectivity index (χ1n) is 5.34. The predicted octanol–water partition coefficient (Wildman–Crippen LogP) is 2.42. The van der Waals surface area contributed by atoms with E-state index in [-0.39, 0.29) is 5.91 Å². The van der Waals surface area contributed by atoms with Gasteiger partial charge < -0.3 is 10.1 Å². The maximum absolute atomic E-state index is 11.4. The number of hydrogen-bond acceptors (Lipinski definition) is 2. The van der Waals surface area contributed by atoms with Crippen LogP contribution in [0.2, 0.25) is 5.02 Å². The first kappa shape index (κ1) is 13.7. The number of nitrogens with one attached hydrogen (secondary N) is 1. The molecule has 0 aliphatic rings. The lowest BCUT2D eigenvalue weighted by Gasteiger charge is -2.01. The van der Waals surface area contributed by atoms with Crippen LogP contribution in [0, 0.1) is 6.92 Å². The van der Waals surface area contributed by atoms with Crippen molar-refractivity contribution in [1.82, 2.24) is 5.32 Å². The molecule has 0 radical (unpaired) electrons. The molecule has 0 spiro atoms. The summed E-state index contributed by atoms with van der Waals surface area (Å²) in [4.78, 5) is 11.4. The van der Waals surface area contributed by atoms with Crippen LogP contribution in [0.1, 0.15) is 11.1 Å². The topological polar surface area (TPSA) is 38.3 Å².